The molecular weight excluding hydrogens is 246 g/mol. The van der Waals surface area contributed by atoms with Gasteiger partial charge in [-0.25, -0.2) is 0 Å². The highest BCUT2D eigenvalue weighted by molar-refractivity contribution is 5.96. The molecule has 2 aromatic carbocycles. The molecule has 1 unspecified atom stereocenters. The summed E-state index contributed by atoms with van der Waals surface area (Å²) < 4.78 is 0. The van der Waals surface area contributed by atoms with Crippen molar-refractivity contribution in [3.05, 3.63) is 71.3 Å². The monoisotopic (exact) mass is 267 g/mol. The molecule has 104 valence electrons. The fourth-order valence-electron chi connectivity index (χ4n) is 2.32. The highest BCUT2D eigenvalue weighted by Gasteiger charge is 2.13. The first-order chi connectivity index (χ1) is 9.70. The van der Waals surface area contributed by atoms with Crippen molar-refractivity contribution in [3.8, 4) is 0 Å². The highest BCUT2D eigenvalue weighted by Crippen LogP contribution is 2.17. The topological polar surface area (TPSA) is 43.1 Å². The van der Waals surface area contributed by atoms with Crippen molar-refractivity contribution in [1.29, 1.82) is 0 Å². The predicted molar refractivity (Wildman–Crippen MR) is 82.8 cm³/mol. The van der Waals surface area contributed by atoms with Gasteiger partial charge in [-0.05, 0) is 23.6 Å². The zero-order chi connectivity index (χ0) is 14.4. The molecule has 2 aromatic rings. The molecule has 1 atom stereocenters. The summed E-state index contributed by atoms with van der Waals surface area (Å²) in [4.78, 5) is 12.3. The number of hydrogen-bond donors (Lipinski definition) is 1. The molecule has 20 heavy (non-hydrogen) atoms. The van der Waals surface area contributed by atoms with Gasteiger partial charge in [0.25, 0.3) is 0 Å². The molecular formula is C18H21NO. The van der Waals surface area contributed by atoms with Gasteiger partial charge in [0.15, 0.2) is 5.78 Å². The van der Waals surface area contributed by atoms with Gasteiger partial charge in [0.1, 0.15) is 0 Å². The number of nitrogens with two attached hydrogens (primary N) is 1. The number of hydrogen-bond acceptors (Lipinski definition) is 2. The van der Waals surface area contributed by atoms with E-state index >= 15 is 0 Å². The van der Waals surface area contributed by atoms with Gasteiger partial charge in [0.05, 0.1) is 0 Å². The summed E-state index contributed by atoms with van der Waals surface area (Å²) in [6.45, 7) is 2.14. The van der Waals surface area contributed by atoms with E-state index in [2.05, 4.69) is 13.0 Å². The maximum absolute atomic E-state index is 12.3. The van der Waals surface area contributed by atoms with Gasteiger partial charge in [0, 0.05) is 18.0 Å². The Morgan fingerprint density at radius 3 is 2.55 bits per heavy atom. The van der Waals surface area contributed by atoms with Crippen molar-refractivity contribution in [2.75, 3.05) is 0 Å². The van der Waals surface area contributed by atoms with Gasteiger partial charge >= 0.3 is 0 Å². The van der Waals surface area contributed by atoms with Crippen LogP contribution in [0.4, 0.5) is 0 Å². The minimum atomic E-state index is -0.237. The van der Waals surface area contributed by atoms with Gasteiger partial charge in [-0.1, -0.05) is 61.9 Å². The van der Waals surface area contributed by atoms with E-state index in [4.69, 9.17) is 5.73 Å². The minimum Gasteiger partial charge on any atom is -0.324 e. The average Bonchev–Trinajstić information content (AvgIpc) is 2.48. The van der Waals surface area contributed by atoms with E-state index in [-0.39, 0.29) is 11.8 Å². The molecule has 0 saturated carbocycles. The zero-order valence-electron chi connectivity index (χ0n) is 11.9. The second kappa shape index (κ2) is 7.01. The summed E-state index contributed by atoms with van der Waals surface area (Å²) in [5, 5.41) is 0. The summed E-state index contributed by atoms with van der Waals surface area (Å²) in [6.07, 6.45) is 2.44. The first kappa shape index (κ1) is 14.5. The first-order valence-electron chi connectivity index (χ1n) is 7.13. The van der Waals surface area contributed by atoms with Crippen molar-refractivity contribution >= 4 is 5.78 Å². The molecule has 0 amide bonds. The third kappa shape index (κ3) is 3.78. The van der Waals surface area contributed by atoms with E-state index < -0.39 is 0 Å². The Bertz CT molecular complexity index is 563. The third-order valence-electron chi connectivity index (χ3n) is 3.42. The molecule has 2 heteroatoms. The lowest BCUT2D eigenvalue weighted by atomic mass is 9.97. The molecule has 0 aliphatic carbocycles. The maximum Gasteiger partial charge on any atom is 0.164 e. The molecule has 2 nitrogen and oxygen atoms in total. The highest BCUT2D eigenvalue weighted by atomic mass is 16.1. The second-order valence-corrected chi connectivity index (χ2v) is 5.09. The number of carbonyl (C=O) groups excluding carboxylic acids is 1. The van der Waals surface area contributed by atoms with Gasteiger partial charge in [-0.15, -0.1) is 0 Å². The van der Waals surface area contributed by atoms with E-state index in [1.165, 1.54) is 5.56 Å². The van der Waals surface area contributed by atoms with Crippen LogP contribution in [0.2, 0.25) is 0 Å². The van der Waals surface area contributed by atoms with E-state index in [9.17, 15) is 4.79 Å². The van der Waals surface area contributed by atoms with E-state index in [1.807, 2.05) is 48.5 Å². The molecule has 0 bridgehead atoms. The summed E-state index contributed by atoms with van der Waals surface area (Å²) in [6, 6.07) is 17.4. The van der Waals surface area contributed by atoms with Crippen molar-refractivity contribution < 1.29 is 4.79 Å². The van der Waals surface area contributed by atoms with Crippen molar-refractivity contribution in [2.45, 2.75) is 32.2 Å². The molecule has 2 N–H and O–H groups in total. The summed E-state index contributed by atoms with van der Waals surface area (Å²) in [5.41, 5.74) is 9.09. The fraction of sp³-hybridized carbons (Fsp3) is 0.278. The van der Waals surface area contributed by atoms with Crippen LogP contribution in [0.1, 0.15) is 47.3 Å². The fourth-order valence-corrected chi connectivity index (χ4v) is 2.32. The SMILES string of the molecule is CCCc1cccc(C(=O)CC(N)c2ccccc2)c1. The van der Waals surface area contributed by atoms with E-state index in [0.717, 1.165) is 24.0 Å². The molecule has 0 saturated heterocycles. The number of rotatable bonds is 6. The Kier molecular flexibility index (Phi) is 5.08. The van der Waals surface area contributed by atoms with Crippen molar-refractivity contribution in [2.24, 2.45) is 5.73 Å². The first-order valence-corrected chi connectivity index (χ1v) is 7.13. The van der Waals surface area contributed by atoms with Crippen LogP contribution in [-0.2, 0) is 6.42 Å². The van der Waals surface area contributed by atoms with Crippen LogP contribution in [0, 0.1) is 0 Å². The molecule has 0 aliphatic heterocycles. The Morgan fingerprint density at radius 1 is 1.10 bits per heavy atom. The van der Waals surface area contributed by atoms with Gasteiger partial charge < -0.3 is 5.73 Å². The van der Waals surface area contributed by atoms with Crippen LogP contribution in [0.5, 0.6) is 0 Å². The van der Waals surface area contributed by atoms with Crippen molar-refractivity contribution in [3.63, 3.8) is 0 Å². The number of carbonyl (C=O) groups is 1. The number of Topliss-reactive ketones (excluding diaryl/α,β-unsaturated/α-hetero) is 1. The Balaban J connectivity index is 2.06. The lowest BCUT2D eigenvalue weighted by molar-refractivity contribution is 0.0974. The Hall–Kier alpha value is -1.93. The van der Waals surface area contributed by atoms with E-state index in [0.29, 0.717) is 6.42 Å². The maximum atomic E-state index is 12.3. The molecule has 2 rings (SSSR count). The number of ketones is 1. The Labute approximate surface area is 120 Å². The van der Waals surface area contributed by atoms with Crippen LogP contribution >= 0.6 is 0 Å². The van der Waals surface area contributed by atoms with Crippen LogP contribution in [0.15, 0.2) is 54.6 Å². The molecule has 0 heterocycles. The van der Waals surface area contributed by atoms with Crippen LogP contribution in [-0.4, -0.2) is 5.78 Å². The largest absolute Gasteiger partial charge is 0.324 e. The quantitative estimate of drug-likeness (QED) is 0.806. The summed E-state index contributed by atoms with van der Waals surface area (Å²) in [5.74, 6) is 0.110. The summed E-state index contributed by atoms with van der Waals surface area (Å²) >= 11 is 0. The van der Waals surface area contributed by atoms with Crippen LogP contribution < -0.4 is 5.73 Å². The smallest absolute Gasteiger partial charge is 0.164 e. The minimum absolute atomic E-state index is 0.110. The average molecular weight is 267 g/mol. The van der Waals surface area contributed by atoms with Gasteiger partial charge in [0.2, 0.25) is 0 Å². The molecule has 0 aliphatic rings. The molecule has 0 spiro atoms. The summed E-state index contributed by atoms with van der Waals surface area (Å²) in [7, 11) is 0. The predicted octanol–water partition coefficient (Wildman–Crippen LogP) is 3.91. The zero-order valence-corrected chi connectivity index (χ0v) is 11.9. The number of benzene rings is 2. The van der Waals surface area contributed by atoms with E-state index in [1.54, 1.807) is 0 Å². The third-order valence-corrected chi connectivity index (χ3v) is 3.42. The lowest BCUT2D eigenvalue weighted by Crippen LogP contribution is -2.15. The second-order valence-electron chi connectivity index (χ2n) is 5.09. The van der Waals surface area contributed by atoms with Crippen LogP contribution in [0.25, 0.3) is 0 Å². The number of aryl methyl sites for hydroxylation is 1. The Morgan fingerprint density at radius 2 is 1.85 bits per heavy atom. The van der Waals surface area contributed by atoms with Gasteiger partial charge in [-0.3, -0.25) is 4.79 Å². The lowest BCUT2D eigenvalue weighted by Gasteiger charge is -2.11. The standard InChI is InChI=1S/C18H21NO/c1-2-7-14-8-6-11-16(12-14)18(20)13-17(19)15-9-4-3-5-10-15/h3-6,8-12,17H,2,7,13,19H2,1H3. The normalized spacial score (nSPS) is 12.1. The molecule has 0 aromatic heterocycles. The van der Waals surface area contributed by atoms with Gasteiger partial charge in [-0.2, -0.15) is 0 Å². The molecule has 0 radical (unpaired) electrons. The van der Waals surface area contributed by atoms with Crippen molar-refractivity contribution in [1.82, 2.24) is 0 Å². The molecule has 0 fully saturated rings. The van der Waals surface area contributed by atoms with Crippen LogP contribution in [0.3, 0.4) is 0 Å².